The van der Waals surface area contributed by atoms with Crippen molar-refractivity contribution in [3.05, 3.63) is 207 Å². The topological polar surface area (TPSA) is 89.6 Å². The van der Waals surface area contributed by atoms with Gasteiger partial charge in [-0.2, -0.15) is 0 Å². The molecule has 1 aromatic heterocycles. The van der Waals surface area contributed by atoms with E-state index in [9.17, 15) is 9.59 Å². The predicted molar refractivity (Wildman–Crippen MR) is 243 cm³/mol. The Balaban J connectivity index is 1.30. The van der Waals surface area contributed by atoms with Crippen LogP contribution in [0.5, 0.6) is 0 Å². The fourth-order valence-corrected chi connectivity index (χ4v) is 7.58. The van der Waals surface area contributed by atoms with E-state index in [0.717, 1.165) is 83.0 Å². The van der Waals surface area contributed by atoms with E-state index in [-0.39, 0.29) is 0 Å². The van der Waals surface area contributed by atoms with Crippen molar-refractivity contribution in [3.63, 3.8) is 0 Å². The number of benzene rings is 7. The Bertz CT molecular complexity index is 2720. The molecule has 0 saturated carbocycles. The molecule has 0 spiro atoms. The molecule has 8 rings (SSSR count). The summed E-state index contributed by atoms with van der Waals surface area (Å²) in [6, 6.07) is 49.6. The van der Waals surface area contributed by atoms with Crippen molar-refractivity contribution in [2.75, 3.05) is 10.6 Å². The Kier molecular flexibility index (Phi) is 11.2. The number of pyridine rings is 1. The molecule has 7 nitrogen and oxygen atoms in total. The summed E-state index contributed by atoms with van der Waals surface area (Å²) < 4.78 is 12.6. The molecule has 0 radical (unpaired) electrons. The molecule has 2 unspecified atom stereocenters. The van der Waals surface area contributed by atoms with Crippen LogP contribution in [0.25, 0.3) is 32.9 Å². The summed E-state index contributed by atoms with van der Waals surface area (Å²) in [5, 5.41) is 7.59. The van der Waals surface area contributed by atoms with Gasteiger partial charge < -0.3 is 9.47 Å². The maximum atomic E-state index is 13.6. The lowest BCUT2D eigenvalue weighted by atomic mass is 9.90. The fourth-order valence-electron chi connectivity index (χ4n) is 7.58. The molecule has 0 fully saturated rings. The van der Waals surface area contributed by atoms with Crippen LogP contribution in [0.3, 0.4) is 0 Å². The Morgan fingerprint density at radius 2 is 0.817 bits per heavy atom. The zero-order valence-electron chi connectivity index (χ0n) is 34.7. The summed E-state index contributed by atoms with van der Waals surface area (Å²) >= 11 is 0. The molecular weight excluding hydrogens is 743 g/mol. The van der Waals surface area contributed by atoms with Crippen molar-refractivity contribution in [2.24, 2.45) is 0 Å². The lowest BCUT2D eigenvalue weighted by molar-refractivity contribution is 0.130. The number of amides is 2. The SMILES string of the molecule is Cc1ccc(-c2c3cc(C(OC(=O)Nc4ccccc4)c4ccc(C)c(C)c4)ccc3nc3ccc(C(OC(=O)Nc4ccccc4)c4ccc(C)c(C)c4)cc23)cc1C. The van der Waals surface area contributed by atoms with Crippen molar-refractivity contribution in [1.29, 1.82) is 0 Å². The summed E-state index contributed by atoms with van der Waals surface area (Å²) in [4.78, 5) is 32.3. The van der Waals surface area contributed by atoms with E-state index in [1.165, 1.54) is 5.56 Å². The van der Waals surface area contributed by atoms with Gasteiger partial charge >= 0.3 is 12.2 Å². The number of aryl methyl sites for hydroxylation is 6. The van der Waals surface area contributed by atoms with Gasteiger partial charge in [0.25, 0.3) is 0 Å². The molecular formula is C53H47N3O4. The average Bonchev–Trinajstić information content (AvgIpc) is 3.24. The number of anilines is 2. The molecule has 2 N–H and O–H groups in total. The van der Waals surface area contributed by atoms with E-state index in [1.807, 2.05) is 97.1 Å². The molecule has 0 aliphatic rings. The maximum absolute atomic E-state index is 13.6. The lowest BCUT2D eigenvalue weighted by Gasteiger charge is -2.22. The highest BCUT2D eigenvalue weighted by atomic mass is 16.6. The van der Waals surface area contributed by atoms with Gasteiger partial charge in [-0.15, -0.1) is 0 Å². The van der Waals surface area contributed by atoms with Crippen LogP contribution in [0.4, 0.5) is 21.0 Å². The minimum Gasteiger partial charge on any atom is -0.436 e. The molecule has 2 amide bonds. The van der Waals surface area contributed by atoms with Crippen molar-refractivity contribution in [3.8, 4) is 11.1 Å². The molecule has 7 aromatic carbocycles. The first-order valence-electron chi connectivity index (χ1n) is 20.2. The van der Waals surface area contributed by atoms with Gasteiger partial charge in [0.2, 0.25) is 0 Å². The minimum atomic E-state index is -0.724. The van der Waals surface area contributed by atoms with Crippen LogP contribution in [0.2, 0.25) is 0 Å². The second-order valence-electron chi connectivity index (χ2n) is 15.6. The number of carbonyl (C=O) groups excluding carboxylic acids is 2. The molecule has 0 aliphatic carbocycles. The van der Waals surface area contributed by atoms with Crippen LogP contribution in [-0.2, 0) is 9.47 Å². The van der Waals surface area contributed by atoms with Crippen LogP contribution < -0.4 is 10.6 Å². The fraction of sp³-hybridized carbons (Fsp3) is 0.151. The van der Waals surface area contributed by atoms with Gasteiger partial charge in [-0.05, 0) is 151 Å². The van der Waals surface area contributed by atoms with E-state index in [0.29, 0.717) is 11.4 Å². The zero-order valence-corrected chi connectivity index (χ0v) is 34.7. The highest BCUT2D eigenvalue weighted by molar-refractivity contribution is 6.10. The number of ether oxygens (including phenoxy) is 2. The molecule has 298 valence electrons. The number of aromatic nitrogens is 1. The van der Waals surface area contributed by atoms with Gasteiger partial charge in [0.15, 0.2) is 12.2 Å². The minimum absolute atomic E-state index is 0.561. The van der Waals surface area contributed by atoms with E-state index >= 15 is 0 Å². The van der Waals surface area contributed by atoms with Gasteiger partial charge in [-0.1, -0.05) is 103 Å². The Morgan fingerprint density at radius 1 is 0.433 bits per heavy atom. The third-order valence-corrected chi connectivity index (χ3v) is 11.4. The standard InChI is InChI=1S/C53H47N3O4/c1-32-17-20-38(27-35(32)4)49-45-30-41(50(39-21-18-33(2)36(5)28-39)59-52(57)54-43-13-9-7-10-14-43)23-25-47(45)56-48-26-24-42(31-46(48)49)51(40-22-19-34(3)37(6)29-40)60-53(58)55-44-15-11-8-12-16-44/h7-31,50-51H,1-6H3,(H,54,57)(H,55,58). The predicted octanol–water partition coefficient (Wildman–Crippen LogP) is 13.6. The first-order chi connectivity index (χ1) is 29.0. The van der Waals surface area contributed by atoms with Crippen LogP contribution in [0, 0.1) is 41.5 Å². The van der Waals surface area contributed by atoms with Gasteiger partial charge in [-0.3, -0.25) is 10.6 Å². The van der Waals surface area contributed by atoms with Gasteiger partial charge in [-0.25, -0.2) is 14.6 Å². The van der Waals surface area contributed by atoms with E-state index in [1.54, 1.807) is 0 Å². The number of rotatable bonds is 9. The number of hydrogen-bond acceptors (Lipinski definition) is 5. The van der Waals surface area contributed by atoms with Crippen molar-refractivity contribution >= 4 is 45.4 Å². The Hall–Kier alpha value is -7.25. The Morgan fingerprint density at radius 3 is 1.23 bits per heavy atom. The maximum Gasteiger partial charge on any atom is 0.412 e. The first-order valence-corrected chi connectivity index (χ1v) is 20.2. The van der Waals surface area contributed by atoms with E-state index in [4.69, 9.17) is 14.5 Å². The largest absolute Gasteiger partial charge is 0.436 e. The summed E-state index contributed by atoms with van der Waals surface area (Å²) in [5.41, 5.74) is 15.0. The molecule has 0 bridgehead atoms. The molecule has 7 heteroatoms. The third kappa shape index (κ3) is 8.47. The van der Waals surface area contributed by atoms with Gasteiger partial charge in [0, 0.05) is 27.7 Å². The van der Waals surface area contributed by atoms with E-state index in [2.05, 4.69) is 107 Å². The molecule has 2 atom stereocenters. The molecule has 60 heavy (non-hydrogen) atoms. The molecule has 1 heterocycles. The highest BCUT2D eigenvalue weighted by Gasteiger charge is 2.25. The van der Waals surface area contributed by atoms with Crippen LogP contribution in [0.1, 0.15) is 67.8 Å². The van der Waals surface area contributed by atoms with Gasteiger partial charge in [0.05, 0.1) is 11.0 Å². The van der Waals surface area contributed by atoms with Crippen molar-refractivity contribution in [1.82, 2.24) is 4.98 Å². The van der Waals surface area contributed by atoms with Crippen LogP contribution in [-0.4, -0.2) is 17.2 Å². The quantitative estimate of drug-likeness (QED) is 0.142. The summed E-state index contributed by atoms with van der Waals surface area (Å²) in [7, 11) is 0. The molecule has 0 aliphatic heterocycles. The second-order valence-corrected chi connectivity index (χ2v) is 15.6. The number of hydrogen-bond donors (Lipinski definition) is 2. The van der Waals surface area contributed by atoms with Crippen molar-refractivity contribution in [2.45, 2.75) is 53.8 Å². The average molecular weight is 790 g/mol. The second kappa shape index (κ2) is 16.9. The Labute approximate surface area is 351 Å². The first kappa shape index (κ1) is 39.6. The number of para-hydroxylation sites is 2. The lowest BCUT2D eigenvalue weighted by Crippen LogP contribution is -2.18. The number of carbonyl (C=O) groups is 2. The monoisotopic (exact) mass is 789 g/mol. The van der Waals surface area contributed by atoms with E-state index < -0.39 is 24.4 Å². The number of nitrogens with one attached hydrogen (secondary N) is 2. The smallest absolute Gasteiger partial charge is 0.412 e. The van der Waals surface area contributed by atoms with Crippen LogP contribution >= 0.6 is 0 Å². The normalized spacial score (nSPS) is 12.2. The van der Waals surface area contributed by atoms with Gasteiger partial charge in [0.1, 0.15) is 0 Å². The number of fused-ring (bicyclic) bond motifs is 2. The van der Waals surface area contributed by atoms with Crippen molar-refractivity contribution < 1.29 is 19.1 Å². The number of nitrogens with zero attached hydrogens (tertiary/aromatic N) is 1. The summed E-state index contributed by atoms with van der Waals surface area (Å²) in [6.45, 7) is 12.5. The summed E-state index contributed by atoms with van der Waals surface area (Å²) in [6.07, 6.45) is -2.57. The third-order valence-electron chi connectivity index (χ3n) is 11.4. The van der Waals surface area contributed by atoms with Crippen LogP contribution in [0.15, 0.2) is 152 Å². The molecule has 8 aromatic rings. The summed E-state index contributed by atoms with van der Waals surface area (Å²) in [5.74, 6) is 0. The zero-order chi connectivity index (χ0) is 41.9. The molecule has 0 saturated heterocycles. The highest BCUT2D eigenvalue weighted by Crippen LogP contribution is 2.40.